The average Bonchev–Trinajstić information content (AvgIpc) is 2.59. The smallest absolute Gasteiger partial charge is 0.262 e. The lowest BCUT2D eigenvalue weighted by molar-refractivity contribution is -0.118. The fourth-order valence-corrected chi connectivity index (χ4v) is 2.61. The van der Waals surface area contributed by atoms with Crippen molar-refractivity contribution in [1.29, 1.82) is 0 Å². The highest BCUT2D eigenvalue weighted by atomic mass is 16.5. The molecule has 0 saturated carbocycles. The van der Waals surface area contributed by atoms with Crippen LogP contribution < -0.4 is 15.4 Å². The van der Waals surface area contributed by atoms with E-state index in [4.69, 9.17) is 4.74 Å². The number of hydrogen-bond acceptors (Lipinski definition) is 3. The molecule has 132 valence electrons. The van der Waals surface area contributed by atoms with Crippen molar-refractivity contribution in [2.45, 2.75) is 26.7 Å². The lowest BCUT2D eigenvalue weighted by Gasteiger charge is -2.12. The molecule has 5 nitrogen and oxygen atoms in total. The second-order valence-electron chi connectivity index (χ2n) is 6.17. The van der Waals surface area contributed by atoms with Crippen LogP contribution in [0.4, 0.5) is 5.69 Å². The average molecular weight is 340 g/mol. The van der Waals surface area contributed by atoms with E-state index in [1.165, 1.54) is 5.56 Å². The summed E-state index contributed by atoms with van der Waals surface area (Å²) in [7, 11) is 1.56. The first-order chi connectivity index (χ1) is 11.9. The van der Waals surface area contributed by atoms with Gasteiger partial charge in [-0.1, -0.05) is 26.0 Å². The topological polar surface area (TPSA) is 67.4 Å². The second-order valence-corrected chi connectivity index (χ2v) is 6.17. The first-order valence-corrected chi connectivity index (χ1v) is 8.26. The maximum atomic E-state index is 12.1. The largest absolute Gasteiger partial charge is 0.484 e. The standard InChI is InChI=1S/C20H24N2O3/c1-13(2)18-9-8-17(10-14(18)3)25-12-19(23)22-16-7-5-6-15(11-16)20(24)21-4/h5-11,13H,12H2,1-4H3,(H,21,24)(H,22,23). The van der Waals surface area contributed by atoms with Crippen molar-refractivity contribution in [3.05, 3.63) is 59.2 Å². The van der Waals surface area contributed by atoms with E-state index < -0.39 is 0 Å². The number of carbonyl (C=O) groups is 2. The lowest BCUT2D eigenvalue weighted by atomic mass is 9.98. The van der Waals surface area contributed by atoms with E-state index in [2.05, 4.69) is 24.5 Å². The van der Waals surface area contributed by atoms with Crippen LogP contribution in [0.25, 0.3) is 0 Å². The third-order valence-electron chi connectivity index (χ3n) is 3.87. The van der Waals surface area contributed by atoms with Gasteiger partial charge in [0.25, 0.3) is 11.8 Å². The molecule has 0 radical (unpaired) electrons. The van der Waals surface area contributed by atoms with Crippen molar-refractivity contribution in [3.8, 4) is 5.75 Å². The van der Waals surface area contributed by atoms with Crippen molar-refractivity contribution in [3.63, 3.8) is 0 Å². The summed E-state index contributed by atoms with van der Waals surface area (Å²) in [5.41, 5.74) is 3.45. The number of rotatable bonds is 6. The minimum atomic E-state index is -0.278. The van der Waals surface area contributed by atoms with Crippen LogP contribution in [0.2, 0.25) is 0 Å². The quantitative estimate of drug-likeness (QED) is 0.846. The third kappa shape index (κ3) is 5.08. The molecule has 2 amide bonds. The SMILES string of the molecule is CNC(=O)c1cccc(NC(=O)COc2ccc(C(C)C)c(C)c2)c1. The van der Waals surface area contributed by atoms with E-state index >= 15 is 0 Å². The Morgan fingerprint density at radius 3 is 2.52 bits per heavy atom. The van der Waals surface area contributed by atoms with Crippen LogP contribution in [0.3, 0.4) is 0 Å². The molecule has 0 fully saturated rings. The van der Waals surface area contributed by atoms with Crippen LogP contribution in [0.5, 0.6) is 5.75 Å². The van der Waals surface area contributed by atoms with E-state index in [1.807, 2.05) is 25.1 Å². The second kappa shape index (κ2) is 8.33. The Morgan fingerprint density at radius 1 is 1.12 bits per heavy atom. The Hall–Kier alpha value is -2.82. The van der Waals surface area contributed by atoms with Gasteiger partial charge in [0, 0.05) is 18.3 Å². The van der Waals surface area contributed by atoms with Crippen molar-refractivity contribution in [2.75, 3.05) is 19.0 Å². The number of amides is 2. The molecule has 0 bridgehead atoms. The zero-order valence-electron chi connectivity index (χ0n) is 15.1. The van der Waals surface area contributed by atoms with Crippen LogP contribution in [0, 0.1) is 6.92 Å². The Bertz CT molecular complexity index is 769. The van der Waals surface area contributed by atoms with Crippen LogP contribution in [-0.4, -0.2) is 25.5 Å². The number of hydrogen-bond donors (Lipinski definition) is 2. The van der Waals surface area contributed by atoms with Crippen LogP contribution in [0.1, 0.15) is 41.3 Å². The van der Waals surface area contributed by atoms with Gasteiger partial charge in [0.1, 0.15) is 5.75 Å². The van der Waals surface area contributed by atoms with Gasteiger partial charge < -0.3 is 15.4 Å². The molecule has 5 heteroatoms. The summed E-state index contributed by atoms with van der Waals surface area (Å²) >= 11 is 0. The Labute approximate surface area is 148 Å². The molecular weight excluding hydrogens is 316 g/mol. The molecule has 25 heavy (non-hydrogen) atoms. The molecule has 2 aromatic rings. The monoisotopic (exact) mass is 340 g/mol. The molecular formula is C20H24N2O3. The fourth-order valence-electron chi connectivity index (χ4n) is 2.61. The summed E-state index contributed by atoms with van der Waals surface area (Å²) in [6.07, 6.45) is 0. The van der Waals surface area contributed by atoms with Crippen molar-refractivity contribution in [1.82, 2.24) is 5.32 Å². The normalized spacial score (nSPS) is 10.4. The highest BCUT2D eigenvalue weighted by Gasteiger charge is 2.09. The number of carbonyl (C=O) groups excluding carboxylic acids is 2. The minimum Gasteiger partial charge on any atom is -0.484 e. The number of aryl methyl sites for hydroxylation is 1. The molecule has 0 aliphatic carbocycles. The maximum absolute atomic E-state index is 12.1. The van der Waals surface area contributed by atoms with E-state index in [0.29, 0.717) is 22.9 Å². The van der Waals surface area contributed by atoms with E-state index in [1.54, 1.807) is 31.3 Å². The summed E-state index contributed by atoms with van der Waals surface area (Å²) in [5, 5.41) is 5.28. The van der Waals surface area contributed by atoms with E-state index in [9.17, 15) is 9.59 Å². The summed E-state index contributed by atoms with van der Waals surface area (Å²) in [6, 6.07) is 12.6. The number of nitrogens with one attached hydrogen (secondary N) is 2. The molecule has 0 spiro atoms. The van der Waals surface area contributed by atoms with Gasteiger partial charge in [0.2, 0.25) is 0 Å². The Balaban J connectivity index is 1.95. The molecule has 0 atom stereocenters. The molecule has 0 aromatic heterocycles. The maximum Gasteiger partial charge on any atom is 0.262 e. The molecule has 2 aromatic carbocycles. The fraction of sp³-hybridized carbons (Fsp3) is 0.300. The summed E-state index contributed by atoms with van der Waals surface area (Å²) in [5.74, 6) is 0.633. The number of anilines is 1. The summed E-state index contributed by atoms with van der Waals surface area (Å²) in [4.78, 5) is 23.7. The molecule has 0 aliphatic rings. The van der Waals surface area contributed by atoms with Gasteiger partial charge in [0.15, 0.2) is 6.61 Å². The van der Waals surface area contributed by atoms with Gasteiger partial charge >= 0.3 is 0 Å². The summed E-state index contributed by atoms with van der Waals surface area (Å²) < 4.78 is 5.56. The van der Waals surface area contributed by atoms with Crippen LogP contribution in [-0.2, 0) is 4.79 Å². The highest BCUT2D eigenvalue weighted by Crippen LogP contribution is 2.23. The van der Waals surface area contributed by atoms with Crippen molar-refractivity contribution < 1.29 is 14.3 Å². The van der Waals surface area contributed by atoms with Gasteiger partial charge in [-0.25, -0.2) is 0 Å². The number of ether oxygens (including phenoxy) is 1. The van der Waals surface area contributed by atoms with Gasteiger partial charge in [-0.05, 0) is 54.3 Å². The molecule has 0 saturated heterocycles. The molecule has 0 unspecified atom stereocenters. The van der Waals surface area contributed by atoms with Crippen LogP contribution in [0.15, 0.2) is 42.5 Å². The van der Waals surface area contributed by atoms with Crippen molar-refractivity contribution in [2.24, 2.45) is 0 Å². The predicted molar refractivity (Wildman–Crippen MR) is 99.2 cm³/mol. The predicted octanol–water partition coefficient (Wildman–Crippen LogP) is 3.50. The zero-order valence-corrected chi connectivity index (χ0v) is 15.1. The first kappa shape index (κ1) is 18.5. The van der Waals surface area contributed by atoms with E-state index in [0.717, 1.165) is 5.56 Å². The molecule has 2 rings (SSSR count). The summed E-state index contributed by atoms with van der Waals surface area (Å²) in [6.45, 7) is 6.23. The van der Waals surface area contributed by atoms with Gasteiger partial charge in [0.05, 0.1) is 0 Å². The van der Waals surface area contributed by atoms with Crippen LogP contribution >= 0.6 is 0 Å². The van der Waals surface area contributed by atoms with E-state index in [-0.39, 0.29) is 18.4 Å². The Kier molecular flexibility index (Phi) is 6.17. The zero-order chi connectivity index (χ0) is 18.4. The van der Waals surface area contributed by atoms with Gasteiger partial charge in [-0.15, -0.1) is 0 Å². The van der Waals surface area contributed by atoms with Gasteiger partial charge in [-0.3, -0.25) is 9.59 Å². The molecule has 0 aliphatic heterocycles. The minimum absolute atomic E-state index is 0.0926. The highest BCUT2D eigenvalue weighted by molar-refractivity contribution is 5.97. The van der Waals surface area contributed by atoms with Crippen molar-refractivity contribution >= 4 is 17.5 Å². The molecule has 0 heterocycles. The molecule has 2 N–H and O–H groups in total. The number of benzene rings is 2. The first-order valence-electron chi connectivity index (χ1n) is 8.26. The Morgan fingerprint density at radius 2 is 1.88 bits per heavy atom. The van der Waals surface area contributed by atoms with Gasteiger partial charge in [-0.2, -0.15) is 0 Å². The lowest BCUT2D eigenvalue weighted by Crippen LogP contribution is -2.21. The third-order valence-corrected chi connectivity index (χ3v) is 3.87.